The molecule has 2 aromatic carbocycles. The molecule has 0 radical (unpaired) electrons. The lowest BCUT2D eigenvalue weighted by atomic mass is 10.2. The van der Waals surface area contributed by atoms with Crippen molar-refractivity contribution in [3.63, 3.8) is 0 Å². The van der Waals surface area contributed by atoms with Gasteiger partial charge in [0.1, 0.15) is 5.75 Å². The van der Waals surface area contributed by atoms with Gasteiger partial charge in [0.25, 0.3) is 11.8 Å². The van der Waals surface area contributed by atoms with Crippen molar-refractivity contribution >= 4 is 34.8 Å². The minimum atomic E-state index is -0.319. The molecular weight excluding hydrogens is 350 g/mol. The van der Waals surface area contributed by atoms with Gasteiger partial charge in [-0.15, -0.1) is 0 Å². The van der Waals surface area contributed by atoms with Crippen LogP contribution in [0.2, 0.25) is 0 Å². The first-order chi connectivity index (χ1) is 12.4. The summed E-state index contributed by atoms with van der Waals surface area (Å²) in [6.07, 6.45) is 0.0706. The van der Waals surface area contributed by atoms with E-state index in [-0.39, 0.29) is 23.0 Å². The molecule has 0 aromatic heterocycles. The number of thiocarbonyl (C=S) groups is 1. The van der Waals surface area contributed by atoms with Crippen LogP contribution in [0.15, 0.2) is 48.5 Å². The van der Waals surface area contributed by atoms with Gasteiger partial charge in [0.2, 0.25) is 0 Å². The van der Waals surface area contributed by atoms with E-state index in [2.05, 4.69) is 16.0 Å². The second-order valence-corrected chi connectivity index (χ2v) is 6.16. The molecule has 2 rings (SSSR count). The number of hydrogen-bond acceptors (Lipinski definition) is 4. The average molecular weight is 371 g/mol. The second kappa shape index (κ2) is 8.96. The normalized spacial score (nSPS) is 10.2. The van der Waals surface area contributed by atoms with Crippen molar-refractivity contribution < 1.29 is 14.3 Å². The van der Waals surface area contributed by atoms with Crippen LogP contribution in [-0.2, 0) is 0 Å². The van der Waals surface area contributed by atoms with Gasteiger partial charge in [-0.05, 0) is 74.6 Å². The maximum atomic E-state index is 12.2. The quantitative estimate of drug-likeness (QED) is 0.704. The van der Waals surface area contributed by atoms with Crippen molar-refractivity contribution in [1.82, 2.24) is 10.6 Å². The van der Waals surface area contributed by atoms with Crippen LogP contribution >= 0.6 is 12.2 Å². The summed E-state index contributed by atoms with van der Waals surface area (Å²) >= 11 is 5.16. The molecule has 26 heavy (non-hydrogen) atoms. The Labute approximate surface area is 157 Å². The van der Waals surface area contributed by atoms with Crippen molar-refractivity contribution in [2.45, 2.75) is 20.0 Å². The van der Waals surface area contributed by atoms with Crippen molar-refractivity contribution in [1.29, 1.82) is 0 Å². The number of carbonyl (C=O) groups excluding carboxylic acids is 2. The molecule has 0 aliphatic rings. The summed E-state index contributed by atoms with van der Waals surface area (Å²) in [7, 11) is 1.57. The molecule has 2 aromatic rings. The summed E-state index contributed by atoms with van der Waals surface area (Å²) in [5.41, 5.74) is 1.68. The largest absolute Gasteiger partial charge is 0.491 e. The fourth-order valence-corrected chi connectivity index (χ4v) is 2.35. The number of amides is 2. The van der Waals surface area contributed by atoms with Crippen LogP contribution in [0.5, 0.6) is 5.75 Å². The van der Waals surface area contributed by atoms with Gasteiger partial charge in [-0.25, -0.2) is 0 Å². The molecule has 6 nitrogen and oxygen atoms in total. The van der Waals surface area contributed by atoms with E-state index < -0.39 is 0 Å². The Morgan fingerprint density at radius 2 is 1.46 bits per heavy atom. The molecular formula is C19H21N3O3S. The molecule has 0 saturated heterocycles. The Morgan fingerprint density at radius 1 is 0.923 bits per heavy atom. The van der Waals surface area contributed by atoms with E-state index >= 15 is 0 Å². The van der Waals surface area contributed by atoms with E-state index in [4.69, 9.17) is 17.0 Å². The van der Waals surface area contributed by atoms with Crippen molar-refractivity contribution in [2.24, 2.45) is 0 Å². The summed E-state index contributed by atoms with van der Waals surface area (Å²) < 4.78 is 5.55. The Kier molecular flexibility index (Phi) is 6.68. The van der Waals surface area contributed by atoms with Crippen LogP contribution in [0.3, 0.4) is 0 Å². The molecule has 3 N–H and O–H groups in total. The first-order valence-corrected chi connectivity index (χ1v) is 8.51. The van der Waals surface area contributed by atoms with Gasteiger partial charge in [0.15, 0.2) is 5.11 Å². The van der Waals surface area contributed by atoms with Gasteiger partial charge < -0.3 is 15.4 Å². The lowest BCUT2D eigenvalue weighted by molar-refractivity contribution is 0.0959. The van der Waals surface area contributed by atoms with Gasteiger partial charge in [0.05, 0.1) is 6.10 Å². The molecule has 0 saturated carbocycles. The highest BCUT2D eigenvalue weighted by Crippen LogP contribution is 2.14. The van der Waals surface area contributed by atoms with Gasteiger partial charge in [-0.2, -0.15) is 0 Å². The smallest absolute Gasteiger partial charge is 0.257 e. The van der Waals surface area contributed by atoms with Crippen LogP contribution in [0.25, 0.3) is 0 Å². The summed E-state index contributed by atoms with van der Waals surface area (Å²) in [6.45, 7) is 3.87. The fraction of sp³-hybridized carbons (Fsp3) is 0.211. The van der Waals surface area contributed by atoms with Crippen molar-refractivity contribution in [3.8, 4) is 5.75 Å². The van der Waals surface area contributed by atoms with Crippen LogP contribution in [0.4, 0.5) is 5.69 Å². The number of anilines is 1. The maximum absolute atomic E-state index is 12.2. The zero-order valence-electron chi connectivity index (χ0n) is 14.8. The molecule has 7 heteroatoms. The van der Waals surface area contributed by atoms with Crippen LogP contribution in [-0.4, -0.2) is 30.1 Å². The molecule has 0 spiro atoms. The topological polar surface area (TPSA) is 79.5 Å². The first-order valence-electron chi connectivity index (χ1n) is 8.10. The fourth-order valence-electron chi connectivity index (χ4n) is 2.14. The molecule has 136 valence electrons. The SMILES string of the molecule is CNC(=O)c1ccc(NC(=S)NC(=O)c2ccc(OC(C)C)cc2)cc1. The Balaban J connectivity index is 1.92. The minimum absolute atomic E-state index is 0.0706. The zero-order valence-corrected chi connectivity index (χ0v) is 15.6. The molecule has 0 aliphatic carbocycles. The number of hydrogen-bond donors (Lipinski definition) is 3. The van der Waals surface area contributed by atoms with E-state index in [1.165, 1.54) is 0 Å². The maximum Gasteiger partial charge on any atom is 0.257 e. The monoisotopic (exact) mass is 371 g/mol. The molecule has 0 unspecified atom stereocenters. The third kappa shape index (κ3) is 5.56. The standard InChI is InChI=1S/C19H21N3O3S/c1-12(2)25-16-10-6-14(7-11-16)18(24)22-19(26)21-15-8-4-13(5-9-15)17(23)20-3/h4-12H,1-3H3,(H,20,23)(H2,21,22,24,26). The number of carbonyl (C=O) groups is 2. The van der Waals surface area contributed by atoms with Gasteiger partial charge in [-0.1, -0.05) is 0 Å². The van der Waals surface area contributed by atoms with E-state index in [1.807, 2.05) is 13.8 Å². The highest BCUT2D eigenvalue weighted by molar-refractivity contribution is 7.80. The lowest BCUT2D eigenvalue weighted by Crippen LogP contribution is -2.34. The molecule has 0 bridgehead atoms. The highest BCUT2D eigenvalue weighted by atomic mass is 32.1. The van der Waals surface area contributed by atoms with Gasteiger partial charge >= 0.3 is 0 Å². The van der Waals surface area contributed by atoms with Gasteiger partial charge in [-0.3, -0.25) is 14.9 Å². The molecule has 0 atom stereocenters. The summed E-state index contributed by atoms with van der Waals surface area (Å²) in [6, 6.07) is 13.6. The van der Waals surface area contributed by atoms with Crippen LogP contribution < -0.4 is 20.7 Å². The molecule has 0 heterocycles. The van der Waals surface area contributed by atoms with E-state index in [0.717, 1.165) is 0 Å². The van der Waals surface area contributed by atoms with Crippen LogP contribution in [0, 0.1) is 0 Å². The van der Waals surface area contributed by atoms with Gasteiger partial charge in [0, 0.05) is 23.9 Å². The Bertz CT molecular complexity index is 787. The van der Waals surface area contributed by atoms with E-state index in [9.17, 15) is 9.59 Å². The third-order valence-electron chi connectivity index (χ3n) is 3.35. The third-order valence-corrected chi connectivity index (χ3v) is 3.55. The predicted molar refractivity (Wildman–Crippen MR) is 106 cm³/mol. The Hall–Kier alpha value is -2.93. The zero-order chi connectivity index (χ0) is 19.1. The van der Waals surface area contributed by atoms with Crippen LogP contribution in [0.1, 0.15) is 34.6 Å². The molecule has 2 amide bonds. The first kappa shape index (κ1) is 19.4. The molecule has 0 fully saturated rings. The van der Waals surface area contributed by atoms with Crippen molar-refractivity contribution in [2.75, 3.05) is 12.4 Å². The number of benzene rings is 2. The summed E-state index contributed by atoms with van der Waals surface area (Å²) in [5.74, 6) is 0.214. The minimum Gasteiger partial charge on any atom is -0.491 e. The van der Waals surface area contributed by atoms with E-state index in [0.29, 0.717) is 22.6 Å². The summed E-state index contributed by atoms with van der Waals surface area (Å²) in [4.78, 5) is 23.7. The number of rotatable bonds is 5. The second-order valence-electron chi connectivity index (χ2n) is 5.76. The molecule has 0 aliphatic heterocycles. The van der Waals surface area contributed by atoms with Crippen molar-refractivity contribution in [3.05, 3.63) is 59.7 Å². The van der Waals surface area contributed by atoms with E-state index in [1.54, 1.807) is 55.6 Å². The summed E-state index contributed by atoms with van der Waals surface area (Å²) in [5, 5.41) is 8.24. The number of ether oxygens (including phenoxy) is 1. The average Bonchev–Trinajstić information content (AvgIpc) is 2.61. The Morgan fingerprint density at radius 3 is 2.00 bits per heavy atom. The predicted octanol–water partition coefficient (Wildman–Crippen LogP) is 2.96. The lowest BCUT2D eigenvalue weighted by Gasteiger charge is -2.11. The number of nitrogens with one attached hydrogen (secondary N) is 3. The highest BCUT2D eigenvalue weighted by Gasteiger charge is 2.09.